The minimum Gasteiger partial charge on any atom is -0.394 e. The summed E-state index contributed by atoms with van der Waals surface area (Å²) in [6.07, 6.45) is 2.26. The van der Waals surface area contributed by atoms with Crippen LogP contribution in [0.15, 0.2) is 79.0 Å². The molecule has 1 aromatic heterocycles. The Balaban J connectivity index is 1.31. The highest BCUT2D eigenvalue weighted by Crippen LogP contribution is 2.43. The molecule has 2 fully saturated rings. The highest BCUT2D eigenvalue weighted by atomic mass is 16.3. The molecule has 0 unspecified atom stereocenters. The van der Waals surface area contributed by atoms with Gasteiger partial charge in [0.05, 0.1) is 18.7 Å². The quantitative estimate of drug-likeness (QED) is 0.619. The van der Waals surface area contributed by atoms with E-state index in [4.69, 9.17) is 0 Å². The van der Waals surface area contributed by atoms with Crippen LogP contribution in [-0.4, -0.2) is 63.5 Å². The first-order valence-corrected chi connectivity index (χ1v) is 11.4. The summed E-state index contributed by atoms with van der Waals surface area (Å²) in [5, 5.41) is 10.00. The fourth-order valence-corrected chi connectivity index (χ4v) is 4.94. The third-order valence-corrected chi connectivity index (χ3v) is 6.59. The molecule has 0 saturated carbocycles. The van der Waals surface area contributed by atoms with E-state index in [1.807, 2.05) is 42.5 Å². The number of fused-ring (bicyclic) bond motifs is 1. The summed E-state index contributed by atoms with van der Waals surface area (Å²) < 4.78 is 0. The van der Waals surface area contributed by atoms with Gasteiger partial charge < -0.3 is 14.9 Å². The Labute approximate surface area is 198 Å². The molecule has 3 heterocycles. The topological polar surface area (TPSA) is 73.7 Å². The monoisotopic (exact) mass is 451 g/mol. The summed E-state index contributed by atoms with van der Waals surface area (Å²) in [4.78, 5) is 33.1. The number of hydrogen-bond donors (Lipinski definition) is 1. The van der Waals surface area contributed by atoms with Crippen molar-refractivity contribution < 1.29 is 14.7 Å². The molecule has 0 radical (unpaired) electrons. The van der Waals surface area contributed by atoms with Gasteiger partial charge in [-0.1, -0.05) is 60.4 Å². The SMILES string of the molecule is O=C(c1ccccn1)N1CC(=O)N2[C@@H](CO)[C@H](c3ccc(C#CCc4ccccc4)cc3)[C@@H]2C1. The lowest BCUT2D eigenvalue weighted by Crippen LogP contribution is -2.73. The van der Waals surface area contributed by atoms with Gasteiger partial charge in [-0.2, -0.15) is 0 Å². The van der Waals surface area contributed by atoms with E-state index in [0.29, 0.717) is 18.7 Å². The normalized spacial score (nSPS) is 21.2. The first kappa shape index (κ1) is 21.9. The Morgan fingerprint density at radius 2 is 1.79 bits per heavy atom. The van der Waals surface area contributed by atoms with Gasteiger partial charge in [0.2, 0.25) is 5.91 Å². The predicted octanol–water partition coefficient (Wildman–Crippen LogP) is 2.49. The highest BCUT2D eigenvalue weighted by Gasteiger charge is 2.54. The first-order chi connectivity index (χ1) is 16.7. The Bertz CT molecular complexity index is 1230. The lowest BCUT2D eigenvalue weighted by molar-refractivity contribution is -0.159. The van der Waals surface area contributed by atoms with E-state index >= 15 is 0 Å². The Morgan fingerprint density at radius 3 is 2.50 bits per heavy atom. The zero-order valence-corrected chi connectivity index (χ0v) is 18.7. The Morgan fingerprint density at radius 1 is 1.03 bits per heavy atom. The molecule has 0 bridgehead atoms. The number of amides is 2. The van der Waals surface area contributed by atoms with Crippen LogP contribution in [-0.2, 0) is 11.2 Å². The summed E-state index contributed by atoms with van der Waals surface area (Å²) >= 11 is 0. The summed E-state index contributed by atoms with van der Waals surface area (Å²) in [5.41, 5.74) is 3.47. The molecule has 2 saturated heterocycles. The molecule has 170 valence electrons. The predicted molar refractivity (Wildman–Crippen MR) is 128 cm³/mol. The van der Waals surface area contributed by atoms with Gasteiger partial charge in [0.25, 0.3) is 5.91 Å². The molecule has 3 aromatic rings. The third kappa shape index (κ3) is 4.18. The van der Waals surface area contributed by atoms with Gasteiger partial charge in [0.15, 0.2) is 0 Å². The second-order valence-electron chi connectivity index (χ2n) is 8.63. The van der Waals surface area contributed by atoms with Crippen LogP contribution in [0.25, 0.3) is 0 Å². The molecular formula is C28H25N3O3. The number of hydrogen-bond acceptors (Lipinski definition) is 4. The van der Waals surface area contributed by atoms with E-state index in [2.05, 4.69) is 29.0 Å². The number of nitrogens with zero attached hydrogens (tertiary/aromatic N) is 3. The fourth-order valence-electron chi connectivity index (χ4n) is 4.94. The summed E-state index contributed by atoms with van der Waals surface area (Å²) in [6, 6.07) is 22.8. The third-order valence-electron chi connectivity index (χ3n) is 6.59. The zero-order valence-electron chi connectivity index (χ0n) is 18.7. The number of aliphatic hydroxyl groups excluding tert-OH is 1. The molecule has 2 amide bonds. The number of pyridine rings is 1. The van der Waals surface area contributed by atoms with Crippen molar-refractivity contribution in [2.45, 2.75) is 24.4 Å². The second kappa shape index (κ2) is 9.50. The van der Waals surface area contributed by atoms with Crippen molar-refractivity contribution in [3.8, 4) is 11.8 Å². The molecule has 6 heteroatoms. The maximum atomic E-state index is 12.9. The zero-order chi connectivity index (χ0) is 23.5. The number of aliphatic hydroxyl groups is 1. The largest absolute Gasteiger partial charge is 0.394 e. The molecule has 5 rings (SSSR count). The molecule has 2 aromatic carbocycles. The molecule has 2 aliphatic heterocycles. The van der Waals surface area contributed by atoms with Crippen LogP contribution in [0.1, 0.15) is 33.1 Å². The minimum absolute atomic E-state index is 0.00503. The average Bonchev–Trinajstić information content (AvgIpc) is 2.87. The van der Waals surface area contributed by atoms with E-state index in [1.165, 1.54) is 5.56 Å². The highest BCUT2D eigenvalue weighted by molar-refractivity contribution is 5.96. The van der Waals surface area contributed by atoms with Crippen molar-refractivity contribution in [1.29, 1.82) is 0 Å². The standard InChI is InChI=1S/C28H25N3O3/c32-19-25-27(22-14-12-21(13-15-22)10-6-9-20-7-2-1-3-8-20)24-17-30(18-26(33)31(24)25)28(34)23-11-4-5-16-29-23/h1-5,7-8,11-16,24-25,27,32H,9,17-19H2/t24-,25-,27+/m0/s1. The van der Waals surface area contributed by atoms with Crippen LogP contribution in [0.4, 0.5) is 0 Å². The molecule has 34 heavy (non-hydrogen) atoms. The Hall–Kier alpha value is -3.95. The molecule has 3 atom stereocenters. The van der Waals surface area contributed by atoms with Crippen molar-refractivity contribution in [3.63, 3.8) is 0 Å². The number of rotatable bonds is 4. The van der Waals surface area contributed by atoms with Crippen LogP contribution in [0, 0.1) is 11.8 Å². The summed E-state index contributed by atoms with van der Waals surface area (Å²) in [6.45, 7) is 0.311. The molecule has 0 spiro atoms. The van der Waals surface area contributed by atoms with Crippen LogP contribution >= 0.6 is 0 Å². The lowest BCUT2D eigenvalue weighted by atomic mass is 9.73. The van der Waals surface area contributed by atoms with Crippen LogP contribution in [0.3, 0.4) is 0 Å². The maximum absolute atomic E-state index is 12.9. The van der Waals surface area contributed by atoms with Crippen molar-refractivity contribution >= 4 is 11.8 Å². The van der Waals surface area contributed by atoms with Gasteiger partial charge in [-0.05, 0) is 35.4 Å². The molecular weight excluding hydrogens is 426 g/mol. The van der Waals surface area contributed by atoms with E-state index < -0.39 is 0 Å². The van der Waals surface area contributed by atoms with Gasteiger partial charge in [-0.15, -0.1) is 0 Å². The molecule has 1 N–H and O–H groups in total. The fraction of sp³-hybridized carbons (Fsp3) is 0.250. The van der Waals surface area contributed by atoms with Crippen LogP contribution < -0.4 is 0 Å². The van der Waals surface area contributed by atoms with E-state index in [1.54, 1.807) is 34.2 Å². The van der Waals surface area contributed by atoms with Crippen molar-refractivity contribution in [1.82, 2.24) is 14.8 Å². The second-order valence-corrected chi connectivity index (χ2v) is 8.63. The van der Waals surface area contributed by atoms with Gasteiger partial charge >= 0.3 is 0 Å². The smallest absolute Gasteiger partial charge is 0.272 e. The average molecular weight is 452 g/mol. The first-order valence-electron chi connectivity index (χ1n) is 11.4. The molecule has 0 aliphatic carbocycles. The van der Waals surface area contributed by atoms with E-state index in [0.717, 1.165) is 11.1 Å². The number of carbonyl (C=O) groups excluding carboxylic acids is 2. The van der Waals surface area contributed by atoms with Crippen molar-refractivity contribution in [3.05, 3.63) is 101 Å². The minimum atomic E-state index is -0.278. The van der Waals surface area contributed by atoms with Crippen LogP contribution in [0.5, 0.6) is 0 Å². The van der Waals surface area contributed by atoms with Gasteiger partial charge in [-0.25, -0.2) is 0 Å². The lowest BCUT2D eigenvalue weighted by Gasteiger charge is -2.58. The molecule has 2 aliphatic rings. The number of piperazine rings is 1. The summed E-state index contributed by atoms with van der Waals surface area (Å²) in [5.74, 6) is 5.98. The number of carbonyl (C=O) groups is 2. The van der Waals surface area contributed by atoms with Crippen molar-refractivity contribution in [2.75, 3.05) is 19.7 Å². The molecule has 6 nitrogen and oxygen atoms in total. The van der Waals surface area contributed by atoms with Gasteiger partial charge in [-0.3, -0.25) is 14.6 Å². The van der Waals surface area contributed by atoms with Gasteiger partial charge in [0, 0.05) is 30.6 Å². The number of aromatic nitrogens is 1. The van der Waals surface area contributed by atoms with Crippen molar-refractivity contribution in [2.24, 2.45) is 0 Å². The van der Waals surface area contributed by atoms with E-state index in [9.17, 15) is 14.7 Å². The van der Waals surface area contributed by atoms with E-state index in [-0.39, 0.29) is 43.0 Å². The van der Waals surface area contributed by atoms with Crippen LogP contribution in [0.2, 0.25) is 0 Å². The Kier molecular flexibility index (Phi) is 6.11. The maximum Gasteiger partial charge on any atom is 0.272 e. The van der Waals surface area contributed by atoms with Gasteiger partial charge in [0.1, 0.15) is 12.2 Å². The summed E-state index contributed by atoms with van der Waals surface area (Å²) in [7, 11) is 0. The number of benzene rings is 2.